The van der Waals surface area contributed by atoms with E-state index in [0.717, 1.165) is 41.8 Å². The third-order valence-corrected chi connectivity index (χ3v) is 5.53. The van der Waals surface area contributed by atoms with Crippen molar-refractivity contribution in [2.75, 3.05) is 11.4 Å². The Morgan fingerprint density at radius 2 is 1.83 bits per heavy atom. The number of hydrogen-bond acceptors (Lipinski definition) is 5. The van der Waals surface area contributed by atoms with Crippen LogP contribution in [0.15, 0.2) is 78.0 Å². The molecule has 4 heterocycles. The molecule has 0 saturated carbocycles. The Kier molecular flexibility index (Phi) is 4.52. The van der Waals surface area contributed by atoms with E-state index in [1.165, 1.54) is 5.39 Å². The molecule has 1 aromatic carbocycles. The monoisotopic (exact) mass is 383 g/mol. The molecule has 1 atom stereocenters. The fourth-order valence-electron chi connectivity index (χ4n) is 4.09. The maximum Gasteiger partial charge on any atom is 0.266 e. The molecule has 1 fully saturated rings. The van der Waals surface area contributed by atoms with E-state index < -0.39 is 0 Å². The molecule has 3 aromatic heterocycles. The average molecular weight is 383 g/mol. The number of pyridine rings is 2. The van der Waals surface area contributed by atoms with Crippen LogP contribution in [0.4, 0.5) is 5.82 Å². The lowest BCUT2D eigenvalue weighted by molar-refractivity contribution is 0.489. The number of fused-ring (bicyclic) bond motifs is 1. The van der Waals surface area contributed by atoms with Crippen molar-refractivity contribution >= 4 is 16.6 Å². The Labute approximate surface area is 168 Å². The quantitative estimate of drug-likeness (QED) is 0.539. The molecule has 1 aliphatic rings. The van der Waals surface area contributed by atoms with Crippen molar-refractivity contribution in [1.82, 2.24) is 19.7 Å². The molecule has 29 heavy (non-hydrogen) atoms. The highest BCUT2D eigenvalue weighted by atomic mass is 16.1. The van der Waals surface area contributed by atoms with Gasteiger partial charge in [0.1, 0.15) is 5.82 Å². The van der Waals surface area contributed by atoms with E-state index in [1.54, 1.807) is 29.2 Å². The summed E-state index contributed by atoms with van der Waals surface area (Å²) in [7, 11) is 0. The number of anilines is 1. The molecule has 144 valence electrons. The number of benzene rings is 1. The Morgan fingerprint density at radius 3 is 2.72 bits per heavy atom. The number of aromatic nitrogens is 4. The lowest BCUT2D eigenvalue weighted by Gasteiger charge is -2.27. The zero-order valence-corrected chi connectivity index (χ0v) is 16.0. The van der Waals surface area contributed by atoms with Crippen molar-refractivity contribution < 1.29 is 0 Å². The summed E-state index contributed by atoms with van der Waals surface area (Å²) in [4.78, 5) is 23.6. The van der Waals surface area contributed by atoms with Gasteiger partial charge in [0.2, 0.25) is 0 Å². The molecule has 0 radical (unpaired) electrons. The van der Waals surface area contributed by atoms with Gasteiger partial charge in [-0.25, -0.2) is 9.67 Å². The summed E-state index contributed by atoms with van der Waals surface area (Å²) < 4.78 is 1.59. The molecule has 1 saturated heterocycles. The van der Waals surface area contributed by atoms with Crippen LogP contribution >= 0.6 is 0 Å². The summed E-state index contributed by atoms with van der Waals surface area (Å²) in [5.41, 5.74) is 1.65. The highest BCUT2D eigenvalue weighted by Crippen LogP contribution is 2.30. The molecule has 0 aliphatic carbocycles. The van der Waals surface area contributed by atoms with Gasteiger partial charge in [-0.05, 0) is 42.5 Å². The molecule has 6 nitrogen and oxygen atoms in total. The third kappa shape index (κ3) is 3.38. The maximum absolute atomic E-state index is 12.5. The second kappa shape index (κ2) is 7.47. The van der Waals surface area contributed by atoms with Gasteiger partial charge in [0.15, 0.2) is 0 Å². The number of rotatable bonds is 4. The van der Waals surface area contributed by atoms with Crippen LogP contribution < -0.4 is 10.5 Å². The smallest absolute Gasteiger partial charge is 0.266 e. The van der Waals surface area contributed by atoms with Crippen LogP contribution in [0, 0.1) is 0 Å². The van der Waals surface area contributed by atoms with Gasteiger partial charge in [0, 0.05) is 42.2 Å². The molecule has 1 unspecified atom stereocenters. The molecule has 1 aliphatic heterocycles. The number of hydrogen-bond donors (Lipinski definition) is 0. The van der Waals surface area contributed by atoms with Crippen LogP contribution in [-0.2, 0) is 6.54 Å². The summed E-state index contributed by atoms with van der Waals surface area (Å²) in [5.74, 6) is 0.990. The summed E-state index contributed by atoms with van der Waals surface area (Å²) in [6.07, 6.45) is 7.42. The highest BCUT2D eigenvalue weighted by molar-refractivity contribution is 5.92. The standard InChI is InChI=1S/C23H21N5O/c29-22-8-7-21(18-9-12-24-13-10-18)26-28(22)16-19-5-3-15-27(19)23-20-6-2-1-4-17(20)11-14-25-23/h1-2,4,6-14,19H,3,5,15-16H2. The van der Waals surface area contributed by atoms with Crippen LogP contribution in [0.5, 0.6) is 0 Å². The van der Waals surface area contributed by atoms with Crippen molar-refractivity contribution in [3.05, 3.63) is 83.5 Å². The Morgan fingerprint density at radius 1 is 0.966 bits per heavy atom. The lowest BCUT2D eigenvalue weighted by atomic mass is 10.1. The minimum absolute atomic E-state index is 0.0828. The first-order valence-corrected chi connectivity index (χ1v) is 9.88. The molecular formula is C23H21N5O. The van der Waals surface area contributed by atoms with Gasteiger partial charge < -0.3 is 4.90 Å². The number of nitrogens with zero attached hydrogens (tertiary/aromatic N) is 5. The van der Waals surface area contributed by atoms with Crippen molar-refractivity contribution in [2.24, 2.45) is 0 Å². The minimum Gasteiger partial charge on any atom is -0.351 e. The van der Waals surface area contributed by atoms with Crippen LogP contribution in [0.1, 0.15) is 12.8 Å². The van der Waals surface area contributed by atoms with Crippen molar-refractivity contribution in [3.8, 4) is 11.3 Å². The Balaban J connectivity index is 1.48. The van der Waals surface area contributed by atoms with Gasteiger partial charge in [-0.1, -0.05) is 24.3 Å². The summed E-state index contributed by atoms with van der Waals surface area (Å²) >= 11 is 0. The van der Waals surface area contributed by atoms with Crippen LogP contribution in [-0.4, -0.2) is 32.3 Å². The van der Waals surface area contributed by atoms with Crippen LogP contribution in [0.3, 0.4) is 0 Å². The summed E-state index contributed by atoms with van der Waals surface area (Å²) in [6.45, 7) is 1.48. The topological polar surface area (TPSA) is 63.9 Å². The van der Waals surface area contributed by atoms with Gasteiger partial charge in [-0.15, -0.1) is 0 Å². The SMILES string of the molecule is O=c1ccc(-c2ccncc2)nn1CC1CCCN1c1nccc2ccccc12. The van der Waals surface area contributed by atoms with E-state index in [2.05, 4.69) is 32.1 Å². The zero-order valence-electron chi connectivity index (χ0n) is 16.0. The highest BCUT2D eigenvalue weighted by Gasteiger charge is 2.27. The molecule has 0 N–H and O–H groups in total. The van der Waals surface area contributed by atoms with Crippen molar-refractivity contribution in [2.45, 2.75) is 25.4 Å². The third-order valence-electron chi connectivity index (χ3n) is 5.53. The van der Waals surface area contributed by atoms with E-state index in [9.17, 15) is 4.79 Å². The van der Waals surface area contributed by atoms with Crippen molar-refractivity contribution in [3.63, 3.8) is 0 Å². The molecule has 5 rings (SSSR count). The fraction of sp³-hybridized carbons (Fsp3) is 0.217. The van der Waals surface area contributed by atoms with E-state index in [4.69, 9.17) is 0 Å². The minimum atomic E-state index is -0.0828. The van der Waals surface area contributed by atoms with Gasteiger partial charge in [0.25, 0.3) is 5.56 Å². The van der Waals surface area contributed by atoms with Gasteiger partial charge in [0.05, 0.1) is 18.3 Å². The molecular weight excluding hydrogens is 362 g/mol. The molecule has 6 heteroatoms. The molecule has 0 spiro atoms. The predicted molar refractivity (Wildman–Crippen MR) is 114 cm³/mol. The average Bonchev–Trinajstić information content (AvgIpc) is 3.23. The molecule has 4 aromatic rings. The van der Waals surface area contributed by atoms with Gasteiger partial charge in [-0.3, -0.25) is 9.78 Å². The predicted octanol–water partition coefficient (Wildman–Crippen LogP) is 3.52. The Hall–Kier alpha value is -3.54. The van der Waals surface area contributed by atoms with Gasteiger partial charge >= 0.3 is 0 Å². The summed E-state index contributed by atoms with van der Waals surface area (Å²) in [6, 6.07) is 17.7. The van der Waals surface area contributed by atoms with Crippen LogP contribution in [0.2, 0.25) is 0 Å². The van der Waals surface area contributed by atoms with Crippen LogP contribution in [0.25, 0.3) is 22.0 Å². The van der Waals surface area contributed by atoms with E-state index >= 15 is 0 Å². The van der Waals surface area contributed by atoms with E-state index in [0.29, 0.717) is 6.54 Å². The normalized spacial score (nSPS) is 16.4. The first-order chi connectivity index (χ1) is 14.3. The van der Waals surface area contributed by atoms with E-state index in [1.807, 2.05) is 36.5 Å². The van der Waals surface area contributed by atoms with Crippen molar-refractivity contribution in [1.29, 1.82) is 0 Å². The van der Waals surface area contributed by atoms with Gasteiger partial charge in [-0.2, -0.15) is 5.10 Å². The first-order valence-electron chi connectivity index (χ1n) is 9.88. The second-order valence-electron chi connectivity index (χ2n) is 7.32. The Bertz CT molecular complexity index is 1200. The first kappa shape index (κ1) is 17.6. The second-order valence-corrected chi connectivity index (χ2v) is 7.32. The lowest BCUT2D eigenvalue weighted by Crippen LogP contribution is -2.37. The summed E-state index contributed by atoms with van der Waals surface area (Å²) in [5, 5.41) is 6.95. The molecule has 0 amide bonds. The van der Waals surface area contributed by atoms with E-state index in [-0.39, 0.29) is 11.6 Å². The fourth-order valence-corrected chi connectivity index (χ4v) is 4.09. The largest absolute Gasteiger partial charge is 0.351 e. The maximum atomic E-state index is 12.5. The molecule has 0 bridgehead atoms. The zero-order chi connectivity index (χ0) is 19.6.